The second-order valence-corrected chi connectivity index (χ2v) is 5.29. The Morgan fingerprint density at radius 3 is 2.37 bits per heavy atom. The van der Waals surface area contributed by atoms with Crippen LogP contribution in [0.3, 0.4) is 0 Å². The molecule has 0 amide bonds. The summed E-state index contributed by atoms with van der Waals surface area (Å²) < 4.78 is 13.8. The van der Waals surface area contributed by atoms with Crippen LogP contribution < -0.4 is 5.73 Å². The highest BCUT2D eigenvalue weighted by molar-refractivity contribution is 6.30. The molecule has 0 bridgehead atoms. The predicted molar refractivity (Wildman–Crippen MR) is 78.0 cm³/mol. The first-order valence-corrected chi connectivity index (χ1v) is 6.62. The van der Waals surface area contributed by atoms with Gasteiger partial charge in [0.1, 0.15) is 5.82 Å². The third-order valence-corrected chi connectivity index (χ3v) is 3.60. The maximum Gasteiger partial charge on any atom is 0.127 e. The molecule has 2 aromatic carbocycles. The molecule has 0 aliphatic carbocycles. The van der Waals surface area contributed by atoms with Crippen molar-refractivity contribution in [3.8, 4) is 0 Å². The van der Waals surface area contributed by atoms with Gasteiger partial charge in [0.05, 0.1) is 0 Å². The zero-order chi connectivity index (χ0) is 14.0. The lowest BCUT2D eigenvalue weighted by Gasteiger charge is -2.18. The molecule has 3 heteroatoms. The molecule has 0 fully saturated rings. The SMILES string of the molecule is Cc1cccc(C)c1C(N)Cc1ccc(Cl)cc1F. The van der Waals surface area contributed by atoms with E-state index in [0.29, 0.717) is 17.0 Å². The van der Waals surface area contributed by atoms with Crippen LogP contribution in [0.15, 0.2) is 36.4 Å². The first kappa shape index (κ1) is 14.0. The Labute approximate surface area is 118 Å². The Kier molecular flexibility index (Phi) is 4.23. The van der Waals surface area contributed by atoms with Gasteiger partial charge in [-0.25, -0.2) is 4.39 Å². The van der Waals surface area contributed by atoms with Crippen molar-refractivity contribution in [2.45, 2.75) is 26.3 Å². The third-order valence-electron chi connectivity index (χ3n) is 3.37. The summed E-state index contributed by atoms with van der Waals surface area (Å²) in [5.41, 5.74) is 10.2. The van der Waals surface area contributed by atoms with Crippen molar-refractivity contribution in [1.29, 1.82) is 0 Å². The molecule has 19 heavy (non-hydrogen) atoms. The molecule has 0 saturated carbocycles. The average Bonchev–Trinajstić information content (AvgIpc) is 2.32. The summed E-state index contributed by atoms with van der Waals surface area (Å²) in [6.45, 7) is 4.06. The van der Waals surface area contributed by atoms with E-state index in [0.717, 1.165) is 16.7 Å². The second kappa shape index (κ2) is 5.72. The monoisotopic (exact) mass is 277 g/mol. The van der Waals surface area contributed by atoms with Gasteiger partial charge in [0.15, 0.2) is 0 Å². The summed E-state index contributed by atoms with van der Waals surface area (Å²) >= 11 is 5.75. The van der Waals surface area contributed by atoms with Crippen LogP contribution in [-0.2, 0) is 6.42 Å². The van der Waals surface area contributed by atoms with Crippen molar-refractivity contribution in [2.75, 3.05) is 0 Å². The number of benzene rings is 2. The van der Waals surface area contributed by atoms with Crippen LogP contribution in [0, 0.1) is 19.7 Å². The summed E-state index contributed by atoms with van der Waals surface area (Å²) in [4.78, 5) is 0. The summed E-state index contributed by atoms with van der Waals surface area (Å²) in [5.74, 6) is -0.297. The van der Waals surface area contributed by atoms with Gasteiger partial charge in [-0.3, -0.25) is 0 Å². The normalized spacial score (nSPS) is 12.5. The number of nitrogens with two attached hydrogens (primary N) is 1. The van der Waals surface area contributed by atoms with Gasteiger partial charge in [-0.15, -0.1) is 0 Å². The van der Waals surface area contributed by atoms with Crippen molar-refractivity contribution >= 4 is 11.6 Å². The summed E-state index contributed by atoms with van der Waals surface area (Å²) in [5, 5.41) is 0.405. The lowest BCUT2D eigenvalue weighted by molar-refractivity contribution is 0.592. The number of halogens is 2. The van der Waals surface area contributed by atoms with Crippen molar-refractivity contribution in [3.05, 3.63) is 69.5 Å². The molecule has 0 aromatic heterocycles. The van der Waals surface area contributed by atoms with Gasteiger partial charge in [-0.2, -0.15) is 0 Å². The van der Waals surface area contributed by atoms with E-state index in [1.54, 1.807) is 12.1 Å². The topological polar surface area (TPSA) is 26.0 Å². The van der Waals surface area contributed by atoms with Gasteiger partial charge in [-0.1, -0.05) is 35.9 Å². The zero-order valence-electron chi connectivity index (χ0n) is 11.1. The molecule has 0 radical (unpaired) electrons. The maximum absolute atomic E-state index is 13.8. The van der Waals surface area contributed by atoms with Crippen LogP contribution in [0.2, 0.25) is 5.02 Å². The number of hydrogen-bond donors (Lipinski definition) is 1. The fourth-order valence-corrected chi connectivity index (χ4v) is 2.60. The first-order chi connectivity index (χ1) is 8.99. The van der Waals surface area contributed by atoms with E-state index in [1.165, 1.54) is 6.07 Å². The highest BCUT2D eigenvalue weighted by Gasteiger charge is 2.14. The van der Waals surface area contributed by atoms with E-state index < -0.39 is 0 Å². The van der Waals surface area contributed by atoms with E-state index in [1.807, 2.05) is 32.0 Å². The van der Waals surface area contributed by atoms with Crippen molar-refractivity contribution in [2.24, 2.45) is 5.73 Å². The van der Waals surface area contributed by atoms with Crippen molar-refractivity contribution in [3.63, 3.8) is 0 Å². The van der Waals surface area contributed by atoms with Gasteiger partial charge in [0.25, 0.3) is 0 Å². The van der Waals surface area contributed by atoms with Crippen LogP contribution in [0.4, 0.5) is 4.39 Å². The van der Waals surface area contributed by atoms with E-state index >= 15 is 0 Å². The molecule has 0 saturated heterocycles. The Balaban J connectivity index is 2.28. The lowest BCUT2D eigenvalue weighted by Crippen LogP contribution is -2.16. The zero-order valence-corrected chi connectivity index (χ0v) is 11.8. The highest BCUT2D eigenvalue weighted by Crippen LogP contribution is 2.25. The molecule has 1 nitrogen and oxygen atoms in total. The fraction of sp³-hybridized carbons (Fsp3) is 0.250. The molecule has 2 N–H and O–H groups in total. The van der Waals surface area contributed by atoms with Gasteiger partial charge >= 0.3 is 0 Å². The molecule has 0 spiro atoms. The molecule has 100 valence electrons. The molecular formula is C16H17ClFN. The van der Waals surface area contributed by atoms with Gasteiger partial charge < -0.3 is 5.73 Å². The molecule has 0 heterocycles. The second-order valence-electron chi connectivity index (χ2n) is 4.85. The highest BCUT2D eigenvalue weighted by atomic mass is 35.5. The first-order valence-electron chi connectivity index (χ1n) is 6.24. The number of aryl methyl sites for hydroxylation is 2. The van der Waals surface area contributed by atoms with Crippen LogP contribution in [0.1, 0.15) is 28.3 Å². The third kappa shape index (κ3) is 3.14. The summed E-state index contributed by atoms with van der Waals surface area (Å²) in [6, 6.07) is 10.6. The average molecular weight is 278 g/mol. The smallest absolute Gasteiger partial charge is 0.127 e. The minimum atomic E-state index is -0.297. The van der Waals surface area contributed by atoms with E-state index in [4.69, 9.17) is 17.3 Å². The van der Waals surface area contributed by atoms with Crippen molar-refractivity contribution < 1.29 is 4.39 Å². The van der Waals surface area contributed by atoms with Crippen LogP contribution >= 0.6 is 11.6 Å². The Morgan fingerprint density at radius 1 is 1.16 bits per heavy atom. The molecule has 2 aromatic rings. The quantitative estimate of drug-likeness (QED) is 0.887. The van der Waals surface area contributed by atoms with Crippen molar-refractivity contribution in [1.82, 2.24) is 0 Å². The Hall–Kier alpha value is -1.38. The van der Waals surface area contributed by atoms with Gasteiger partial charge in [0.2, 0.25) is 0 Å². The molecular weight excluding hydrogens is 261 g/mol. The molecule has 2 rings (SSSR count). The molecule has 1 atom stereocenters. The molecule has 0 aliphatic heterocycles. The lowest BCUT2D eigenvalue weighted by atomic mass is 9.92. The Morgan fingerprint density at radius 2 is 1.79 bits per heavy atom. The fourth-order valence-electron chi connectivity index (χ4n) is 2.44. The predicted octanol–water partition coefficient (Wildman–Crippen LogP) is 4.34. The Bertz CT molecular complexity index is 575. The molecule has 0 aliphatic rings. The van der Waals surface area contributed by atoms with Crippen LogP contribution in [0.25, 0.3) is 0 Å². The summed E-state index contributed by atoms with van der Waals surface area (Å²) in [7, 11) is 0. The maximum atomic E-state index is 13.8. The number of rotatable bonds is 3. The minimum Gasteiger partial charge on any atom is -0.324 e. The largest absolute Gasteiger partial charge is 0.324 e. The van der Waals surface area contributed by atoms with Crippen LogP contribution in [-0.4, -0.2) is 0 Å². The number of hydrogen-bond acceptors (Lipinski definition) is 1. The van der Waals surface area contributed by atoms with E-state index in [-0.39, 0.29) is 11.9 Å². The van der Waals surface area contributed by atoms with Gasteiger partial charge in [-0.05, 0) is 54.7 Å². The summed E-state index contributed by atoms with van der Waals surface area (Å²) in [6.07, 6.45) is 0.467. The van der Waals surface area contributed by atoms with Crippen LogP contribution in [0.5, 0.6) is 0 Å². The van der Waals surface area contributed by atoms with Gasteiger partial charge in [0, 0.05) is 11.1 Å². The molecule has 1 unspecified atom stereocenters. The standard InChI is InChI=1S/C16H17ClFN/c1-10-4-3-5-11(2)16(10)15(19)8-12-6-7-13(17)9-14(12)18/h3-7,9,15H,8,19H2,1-2H3. The minimum absolute atomic E-state index is 0.211. The van der Waals surface area contributed by atoms with E-state index in [2.05, 4.69) is 0 Å². The van der Waals surface area contributed by atoms with E-state index in [9.17, 15) is 4.39 Å².